The van der Waals surface area contributed by atoms with Gasteiger partial charge < -0.3 is 25.0 Å². The van der Waals surface area contributed by atoms with E-state index in [1.54, 1.807) is 15.6 Å². The lowest BCUT2D eigenvalue weighted by Gasteiger charge is -2.36. The second kappa shape index (κ2) is 9.74. The van der Waals surface area contributed by atoms with E-state index in [-0.39, 0.29) is 24.1 Å². The third kappa shape index (κ3) is 4.52. The molecule has 5 heterocycles. The molecular formula is C25H27N9O4. The number of carbonyl (C=O) groups is 2. The summed E-state index contributed by atoms with van der Waals surface area (Å²) in [6, 6.07) is 9.66. The van der Waals surface area contributed by atoms with Gasteiger partial charge in [-0.05, 0) is 42.3 Å². The standard InChI is InChI=1S/C25H27N9O4/c1-15-3-4-16(23-29-31-34(30-23)19-12-32(13-19)25(36)37-2)9-21(15)28-24(35)20-11-26-33-7-5-17(10-22(20)33)27-18-6-8-38-14-18/h3-5,7,9-11,18-19,27H,6,8,12-14H2,1-2H3,(H,28,35)/t18-/m1/s1. The molecule has 2 amide bonds. The van der Waals surface area contributed by atoms with Gasteiger partial charge in [-0.15, -0.1) is 10.2 Å². The van der Waals surface area contributed by atoms with Crippen molar-refractivity contribution in [3.05, 3.63) is 53.9 Å². The highest BCUT2D eigenvalue weighted by molar-refractivity contribution is 6.09. The van der Waals surface area contributed by atoms with Gasteiger partial charge in [0, 0.05) is 29.7 Å². The summed E-state index contributed by atoms with van der Waals surface area (Å²) in [7, 11) is 1.35. The predicted molar refractivity (Wildman–Crippen MR) is 137 cm³/mol. The van der Waals surface area contributed by atoms with Gasteiger partial charge in [0.1, 0.15) is 6.04 Å². The highest BCUT2D eigenvalue weighted by Crippen LogP contribution is 2.26. The second-order valence-corrected chi connectivity index (χ2v) is 9.45. The molecule has 0 aliphatic carbocycles. The fraction of sp³-hybridized carbons (Fsp3) is 0.360. The van der Waals surface area contributed by atoms with Crippen molar-refractivity contribution in [1.82, 2.24) is 34.7 Å². The summed E-state index contributed by atoms with van der Waals surface area (Å²) in [4.78, 5) is 28.0. The molecule has 0 spiro atoms. The number of pyridine rings is 1. The van der Waals surface area contributed by atoms with E-state index in [9.17, 15) is 9.59 Å². The maximum Gasteiger partial charge on any atom is 0.409 e. The molecule has 3 aromatic heterocycles. The number of ether oxygens (including phenoxy) is 2. The Morgan fingerprint density at radius 3 is 2.84 bits per heavy atom. The van der Waals surface area contributed by atoms with Crippen molar-refractivity contribution in [2.24, 2.45) is 0 Å². The zero-order valence-corrected chi connectivity index (χ0v) is 21.0. The van der Waals surface area contributed by atoms with Crippen LogP contribution in [0.3, 0.4) is 0 Å². The van der Waals surface area contributed by atoms with Gasteiger partial charge in [-0.1, -0.05) is 12.1 Å². The van der Waals surface area contributed by atoms with E-state index >= 15 is 0 Å². The van der Waals surface area contributed by atoms with E-state index in [0.717, 1.165) is 24.3 Å². The summed E-state index contributed by atoms with van der Waals surface area (Å²) >= 11 is 0. The number of anilines is 2. The monoisotopic (exact) mass is 517 g/mol. The van der Waals surface area contributed by atoms with Gasteiger partial charge in [-0.25, -0.2) is 9.31 Å². The summed E-state index contributed by atoms with van der Waals surface area (Å²) in [6.07, 6.45) is 3.97. The molecule has 6 rings (SSSR count). The number of carbonyl (C=O) groups excluding carboxylic acids is 2. The Morgan fingerprint density at radius 2 is 2.05 bits per heavy atom. The van der Waals surface area contributed by atoms with Gasteiger partial charge in [0.15, 0.2) is 0 Å². The molecular weight excluding hydrogens is 490 g/mol. The lowest BCUT2D eigenvalue weighted by atomic mass is 10.1. The van der Waals surface area contributed by atoms with Crippen LogP contribution in [0.1, 0.15) is 28.4 Å². The first-order valence-electron chi connectivity index (χ1n) is 12.3. The topological polar surface area (TPSA) is 141 Å². The first-order valence-corrected chi connectivity index (χ1v) is 12.3. The van der Waals surface area contributed by atoms with Crippen molar-refractivity contribution in [2.75, 3.05) is 44.0 Å². The number of amides is 2. The molecule has 2 aliphatic heterocycles. The van der Waals surface area contributed by atoms with Crippen LogP contribution in [0.25, 0.3) is 16.9 Å². The molecule has 0 saturated carbocycles. The number of likely N-dealkylation sites (tertiary alicyclic amines) is 1. The molecule has 196 valence electrons. The molecule has 2 fully saturated rings. The number of tetrazole rings is 1. The number of nitrogens with one attached hydrogen (secondary N) is 2. The number of aryl methyl sites for hydroxylation is 1. The van der Waals surface area contributed by atoms with Crippen molar-refractivity contribution < 1.29 is 19.1 Å². The van der Waals surface area contributed by atoms with Crippen molar-refractivity contribution in [2.45, 2.75) is 25.4 Å². The molecule has 0 radical (unpaired) electrons. The summed E-state index contributed by atoms with van der Waals surface area (Å²) < 4.78 is 11.8. The summed E-state index contributed by atoms with van der Waals surface area (Å²) in [5.74, 6) is 0.162. The smallest absolute Gasteiger partial charge is 0.409 e. The molecule has 2 saturated heterocycles. The molecule has 1 atom stereocenters. The Balaban J connectivity index is 1.18. The molecule has 1 aromatic carbocycles. The molecule has 2 aliphatic rings. The van der Waals surface area contributed by atoms with Crippen LogP contribution in [-0.2, 0) is 9.47 Å². The average Bonchev–Trinajstić information content (AvgIpc) is 3.65. The minimum absolute atomic E-state index is 0.0591. The van der Waals surface area contributed by atoms with E-state index in [0.29, 0.717) is 47.9 Å². The molecule has 2 N–H and O–H groups in total. The fourth-order valence-corrected chi connectivity index (χ4v) is 4.59. The van der Waals surface area contributed by atoms with Crippen LogP contribution in [0.2, 0.25) is 0 Å². The number of fused-ring (bicyclic) bond motifs is 1. The van der Waals surface area contributed by atoms with E-state index in [4.69, 9.17) is 9.47 Å². The lowest BCUT2D eigenvalue weighted by molar-refractivity contribution is 0.0621. The first-order chi connectivity index (χ1) is 18.5. The minimum Gasteiger partial charge on any atom is -0.453 e. The van der Waals surface area contributed by atoms with Crippen LogP contribution in [0.4, 0.5) is 16.2 Å². The number of hydrogen-bond donors (Lipinski definition) is 2. The summed E-state index contributed by atoms with van der Waals surface area (Å²) in [5.41, 5.74) is 4.32. The predicted octanol–water partition coefficient (Wildman–Crippen LogP) is 2.37. The van der Waals surface area contributed by atoms with E-state index in [1.165, 1.54) is 11.9 Å². The molecule has 0 bridgehead atoms. The number of methoxy groups -OCH3 is 1. The van der Waals surface area contributed by atoms with E-state index in [2.05, 4.69) is 31.1 Å². The number of rotatable bonds is 6. The van der Waals surface area contributed by atoms with Crippen molar-refractivity contribution in [3.8, 4) is 11.4 Å². The number of benzene rings is 1. The van der Waals surface area contributed by atoms with E-state index < -0.39 is 0 Å². The summed E-state index contributed by atoms with van der Waals surface area (Å²) in [5, 5.41) is 23.6. The average molecular weight is 518 g/mol. The quantitative estimate of drug-likeness (QED) is 0.394. The SMILES string of the molecule is COC(=O)N1CC(n2nnc(-c3ccc(C)c(NC(=O)c4cnn5ccc(N[C@@H]6CCOC6)cc45)c3)n2)C1. The Morgan fingerprint density at radius 1 is 1.18 bits per heavy atom. The van der Waals surface area contributed by atoms with Crippen molar-refractivity contribution in [1.29, 1.82) is 0 Å². The largest absolute Gasteiger partial charge is 0.453 e. The van der Waals surface area contributed by atoms with Crippen LogP contribution in [0.5, 0.6) is 0 Å². The third-order valence-corrected chi connectivity index (χ3v) is 6.86. The summed E-state index contributed by atoms with van der Waals surface area (Å²) in [6.45, 7) is 4.26. The lowest BCUT2D eigenvalue weighted by Crippen LogP contribution is -2.51. The van der Waals surface area contributed by atoms with Crippen molar-refractivity contribution >= 4 is 28.9 Å². The fourth-order valence-electron chi connectivity index (χ4n) is 4.59. The Hall–Kier alpha value is -4.52. The zero-order chi connectivity index (χ0) is 26.2. The Kier molecular flexibility index (Phi) is 6.12. The highest BCUT2D eigenvalue weighted by atomic mass is 16.5. The van der Waals surface area contributed by atoms with Gasteiger partial charge >= 0.3 is 6.09 Å². The third-order valence-electron chi connectivity index (χ3n) is 6.86. The van der Waals surface area contributed by atoms with Gasteiger partial charge in [0.25, 0.3) is 5.91 Å². The number of aromatic nitrogens is 6. The molecule has 13 heteroatoms. The van der Waals surface area contributed by atoms with Crippen molar-refractivity contribution in [3.63, 3.8) is 0 Å². The van der Waals surface area contributed by atoms with Gasteiger partial charge in [-0.3, -0.25) is 4.79 Å². The van der Waals surface area contributed by atoms with Crippen LogP contribution in [-0.4, -0.2) is 86.2 Å². The number of nitrogens with zero attached hydrogens (tertiary/aromatic N) is 7. The Labute approximate surface area is 217 Å². The van der Waals surface area contributed by atoms with Crippen LogP contribution >= 0.6 is 0 Å². The molecule has 4 aromatic rings. The molecule has 0 unspecified atom stereocenters. The Bertz CT molecular complexity index is 1500. The first kappa shape index (κ1) is 23.9. The molecule has 13 nitrogen and oxygen atoms in total. The van der Waals surface area contributed by atoms with Gasteiger partial charge in [-0.2, -0.15) is 9.90 Å². The second-order valence-electron chi connectivity index (χ2n) is 9.45. The zero-order valence-electron chi connectivity index (χ0n) is 21.0. The number of hydrogen-bond acceptors (Lipinski definition) is 9. The maximum absolute atomic E-state index is 13.3. The highest BCUT2D eigenvalue weighted by Gasteiger charge is 2.34. The van der Waals surface area contributed by atoms with Crippen LogP contribution < -0.4 is 10.6 Å². The van der Waals surface area contributed by atoms with Gasteiger partial charge in [0.2, 0.25) is 5.82 Å². The van der Waals surface area contributed by atoms with Gasteiger partial charge in [0.05, 0.1) is 50.1 Å². The van der Waals surface area contributed by atoms with Crippen LogP contribution in [0, 0.1) is 6.92 Å². The van der Waals surface area contributed by atoms with E-state index in [1.807, 2.05) is 43.5 Å². The normalized spacial score (nSPS) is 17.4. The molecule has 38 heavy (non-hydrogen) atoms. The maximum atomic E-state index is 13.3. The minimum atomic E-state index is -0.373. The van der Waals surface area contributed by atoms with Crippen LogP contribution in [0.15, 0.2) is 42.7 Å².